The lowest BCUT2D eigenvalue weighted by Crippen LogP contribution is -2.51. The lowest BCUT2D eigenvalue weighted by molar-refractivity contribution is -0.160. The van der Waals surface area contributed by atoms with Gasteiger partial charge in [-0.2, -0.15) is 0 Å². The van der Waals surface area contributed by atoms with Crippen molar-refractivity contribution in [2.45, 2.75) is 19.1 Å². The molecule has 1 aliphatic rings. The molecule has 0 radical (unpaired) electrons. The van der Waals surface area contributed by atoms with Gasteiger partial charge in [-0.1, -0.05) is 29.8 Å². The third-order valence-corrected chi connectivity index (χ3v) is 4.35. The predicted octanol–water partition coefficient (Wildman–Crippen LogP) is 2.58. The van der Waals surface area contributed by atoms with Crippen LogP contribution in [0.4, 0.5) is 5.82 Å². The van der Waals surface area contributed by atoms with E-state index in [1.165, 1.54) is 4.90 Å². The maximum absolute atomic E-state index is 12.7. The second-order valence-electron chi connectivity index (χ2n) is 5.89. The molecule has 0 bridgehead atoms. The highest BCUT2D eigenvalue weighted by molar-refractivity contribution is 6.30. The second kappa shape index (κ2) is 7.21. The fourth-order valence-corrected chi connectivity index (χ4v) is 2.93. The number of nitrogens with one attached hydrogen (secondary N) is 1. The van der Waals surface area contributed by atoms with Crippen LogP contribution < -0.4 is 5.32 Å². The van der Waals surface area contributed by atoms with E-state index in [9.17, 15) is 9.59 Å². The van der Waals surface area contributed by atoms with Crippen molar-refractivity contribution in [1.29, 1.82) is 0 Å². The molecular formula is C18H18ClN3O3. The molecule has 1 aliphatic heterocycles. The Morgan fingerprint density at radius 2 is 2.00 bits per heavy atom. The first-order valence-electron chi connectivity index (χ1n) is 7.83. The Labute approximate surface area is 150 Å². The molecule has 1 aromatic carbocycles. The number of carbonyl (C=O) groups is 2. The molecule has 2 amide bonds. The third-order valence-electron chi connectivity index (χ3n) is 4.09. The highest BCUT2D eigenvalue weighted by atomic mass is 35.5. The monoisotopic (exact) mass is 359 g/mol. The van der Waals surface area contributed by atoms with Gasteiger partial charge in [-0.05, 0) is 36.8 Å². The lowest BCUT2D eigenvalue weighted by atomic mass is 9.97. The van der Waals surface area contributed by atoms with E-state index in [1.54, 1.807) is 37.4 Å². The van der Waals surface area contributed by atoms with Gasteiger partial charge in [-0.3, -0.25) is 9.59 Å². The SMILES string of the molecule is Cc1cccc(NC(=O)[C@H]2OCC(=O)N(C)[C@@H]2c2ccc(Cl)cc2)n1. The van der Waals surface area contributed by atoms with Crippen molar-refractivity contribution in [2.24, 2.45) is 0 Å². The number of halogens is 1. The number of rotatable bonds is 3. The number of amides is 2. The van der Waals surface area contributed by atoms with Crippen molar-refractivity contribution >= 4 is 29.2 Å². The summed E-state index contributed by atoms with van der Waals surface area (Å²) in [5.74, 6) is -0.0851. The predicted molar refractivity (Wildman–Crippen MR) is 94.3 cm³/mol. The molecule has 1 saturated heterocycles. The molecule has 0 unspecified atom stereocenters. The minimum Gasteiger partial charge on any atom is -0.356 e. The fourth-order valence-electron chi connectivity index (χ4n) is 2.80. The number of nitrogens with zero attached hydrogens (tertiary/aromatic N) is 2. The molecule has 0 aliphatic carbocycles. The Kier molecular flexibility index (Phi) is 5.01. The van der Waals surface area contributed by atoms with Crippen LogP contribution in [0, 0.1) is 6.92 Å². The molecule has 6 nitrogen and oxygen atoms in total. The standard InChI is InChI=1S/C18H18ClN3O3/c1-11-4-3-5-14(20-11)21-18(24)17-16(22(2)15(23)10-25-17)12-6-8-13(19)9-7-12/h3-9,16-17H,10H2,1-2H3,(H,20,21,24)/t16-,17+/m1/s1. The molecule has 25 heavy (non-hydrogen) atoms. The van der Waals surface area contributed by atoms with Crippen LogP contribution in [-0.4, -0.2) is 41.5 Å². The van der Waals surface area contributed by atoms with Gasteiger partial charge >= 0.3 is 0 Å². The molecule has 1 N–H and O–H groups in total. The lowest BCUT2D eigenvalue weighted by Gasteiger charge is -2.38. The average molecular weight is 360 g/mol. The number of aromatic nitrogens is 1. The number of pyridine rings is 1. The second-order valence-corrected chi connectivity index (χ2v) is 6.32. The Balaban J connectivity index is 1.87. The number of aryl methyl sites for hydroxylation is 1. The normalized spacial score (nSPS) is 20.4. The highest BCUT2D eigenvalue weighted by Gasteiger charge is 2.40. The quantitative estimate of drug-likeness (QED) is 0.914. The maximum atomic E-state index is 12.7. The van der Waals surface area contributed by atoms with E-state index in [4.69, 9.17) is 16.3 Å². The van der Waals surface area contributed by atoms with E-state index in [1.807, 2.05) is 19.1 Å². The van der Waals surface area contributed by atoms with Crippen LogP contribution in [0.3, 0.4) is 0 Å². The van der Waals surface area contributed by atoms with E-state index in [0.717, 1.165) is 11.3 Å². The van der Waals surface area contributed by atoms with Gasteiger partial charge in [0.2, 0.25) is 5.91 Å². The van der Waals surface area contributed by atoms with Crippen molar-refractivity contribution in [2.75, 3.05) is 19.0 Å². The van der Waals surface area contributed by atoms with Crippen LogP contribution in [0.25, 0.3) is 0 Å². The first-order valence-corrected chi connectivity index (χ1v) is 8.21. The van der Waals surface area contributed by atoms with Crippen molar-refractivity contribution in [3.05, 3.63) is 58.7 Å². The summed E-state index contributed by atoms with van der Waals surface area (Å²) < 4.78 is 5.56. The molecule has 1 aromatic heterocycles. The van der Waals surface area contributed by atoms with Gasteiger partial charge in [-0.15, -0.1) is 0 Å². The maximum Gasteiger partial charge on any atom is 0.257 e. The van der Waals surface area contributed by atoms with Gasteiger partial charge in [0.1, 0.15) is 12.4 Å². The first kappa shape index (κ1) is 17.4. The van der Waals surface area contributed by atoms with Crippen LogP contribution in [0.5, 0.6) is 0 Å². The van der Waals surface area contributed by atoms with Gasteiger partial charge in [0, 0.05) is 17.8 Å². The van der Waals surface area contributed by atoms with Crippen LogP contribution in [0.1, 0.15) is 17.3 Å². The van der Waals surface area contributed by atoms with Crippen molar-refractivity contribution in [3.8, 4) is 0 Å². The number of carbonyl (C=O) groups excluding carboxylic acids is 2. The van der Waals surface area contributed by atoms with E-state index in [-0.39, 0.29) is 18.4 Å². The topological polar surface area (TPSA) is 71.5 Å². The largest absolute Gasteiger partial charge is 0.356 e. The van der Waals surface area contributed by atoms with E-state index in [0.29, 0.717) is 10.8 Å². The number of hydrogen-bond donors (Lipinski definition) is 1. The number of morpholine rings is 1. The molecule has 2 atom stereocenters. The van der Waals surface area contributed by atoms with E-state index in [2.05, 4.69) is 10.3 Å². The van der Waals surface area contributed by atoms with Crippen molar-refractivity contribution < 1.29 is 14.3 Å². The zero-order valence-electron chi connectivity index (χ0n) is 13.9. The van der Waals surface area contributed by atoms with Crippen molar-refractivity contribution in [3.63, 3.8) is 0 Å². The van der Waals surface area contributed by atoms with Crippen LogP contribution in [0.15, 0.2) is 42.5 Å². The summed E-state index contributed by atoms with van der Waals surface area (Å²) in [6.45, 7) is 1.70. The van der Waals surface area contributed by atoms with Gasteiger partial charge < -0.3 is 15.0 Å². The summed E-state index contributed by atoms with van der Waals surface area (Å²) >= 11 is 5.94. The number of hydrogen-bond acceptors (Lipinski definition) is 4. The molecule has 1 fully saturated rings. The number of anilines is 1. The van der Waals surface area contributed by atoms with Gasteiger partial charge in [-0.25, -0.2) is 4.98 Å². The van der Waals surface area contributed by atoms with Gasteiger partial charge in [0.15, 0.2) is 6.10 Å². The fraction of sp³-hybridized carbons (Fsp3) is 0.278. The number of benzene rings is 1. The summed E-state index contributed by atoms with van der Waals surface area (Å²) in [7, 11) is 1.66. The minimum absolute atomic E-state index is 0.139. The zero-order chi connectivity index (χ0) is 18.0. The summed E-state index contributed by atoms with van der Waals surface area (Å²) in [5.41, 5.74) is 1.57. The zero-order valence-corrected chi connectivity index (χ0v) is 14.7. The molecule has 0 saturated carbocycles. The molecule has 2 aromatic rings. The minimum atomic E-state index is -0.841. The molecule has 0 spiro atoms. The molecule has 2 heterocycles. The van der Waals surface area contributed by atoms with E-state index >= 15 is 0 Å². The number of ether oxygens (including phenoxy) is 1. The van der Waals surface area contributed by atoms with E-state index < -0.39 is 12.1 Å². The summed E-state index contributed by atoms with van der Waals surface area (Å²) in [6, 6.07) is 11.8. The Morgan fingerprint density at radius 3 is 2.68 bits per heavy atom. The Morgan fingerprint density at radius 1 is 1.28 bits per heavy atom. The van der Waals surface area contributed by atoms with Crippen molar-refractivity contribution in [1.82, 2.24) is 9.88 Å². The first-order chi connectivity index (χ1) is 12.0. The summed E-state index contributed by atoms with van der Waals surface area (Å²) in [5, 5.41) is 3.34. The third kappa shape index (κ3) is 3.81. The Bertz CT molecular complexity index is 794. The molecule has 3 rings (SSSR count). The van der Waals surface area contributed by atoms with Crippen LogP contribution >= 0.6 is 11.6 Å². The summed E-state index contributed by atoms with van der Waals surface area (Å²) in [6.07, 6.45) is -0.841. The van der Waals surface area contributed by atoms with Gasteiger partial charge in [0.25, 0.3) is 5.91 Å². The number of likely N-dealkylation sites (N-methyl/N-ethyl adjacent to an activating group) is 1. The summed E-state index contributed by atoms with van der Waals surface area (Å²) in [4.78, 5) is 30.6. The van der Waals surface area contributed by atoms with Crippen LogP contribution in [-0.2, 0) is 14.3 Å². The molecular weight excluding hydrogens is 342 g/mol. The van der Waals surface area contributed by atoms with Gasteiger partial charge in [0.05, 0.1) is 6.04 Å². The van der Waals surface area contributed by atoms with Crippen LogP contribution in [0.2, 0.25) is 5.02 Å². The molecule has 7 heteroatoms. The molecule has 130 valence electrons. The average Bonchev–Trinajstić information content (AvgIpc) is 2.58. The smallest absolute Gasteiger partial charge is 0.257 e. The Hall–Kier alpha value is -2.44. The highest BCUT2D eigenvalue weighted by Crippen LogP contribution is 2.30.